The zero-order chi connectivity index (χ0) is 9.73. The summed E-state index contributed by atoms with van der Waals surface area (Å²) >= 11 is 1.72. The SMILES string of the molecule is CCOP(=O)(OCC)C1CCCS1. The summed E-state index contributed by atoms with van der Waals surface area (Å²) in [4.78, 5) is 0.0763. The molecule has 0 amide bonds. The smallest absolute Gasteiger partial charge is 0.308 e. The second-order valence-electron chi connectivity index (χ2n) is 2.84. The van der Waals surface area contributed by atoms with E-state index >= 15 is 0 Å². The van der Waals surface area contributed by atoms with E-state index in [1.807, 2.05) is 13.8 Å². The van der Waals surface area contributed by atoms with Gasteiger partial charge in [0.05, 0.1) is 13.2 Å². The van der Waals surface area contributed by atoms with Crippen molar-refractivity contribution < 1.29 is 13.6 Å². The van der Waals surface area contributed by atoms with Crippen molar-refractivity contribution in [1.29, 1.82) is 0 Å². The van der Waals surface area contributed by atoms with Gasteiger partial charge in [-0.15, -0.1) is 11.8 Å². The zero-order valence-electron chi connectivity index (χ0n) is 8.19. The van der Waals surface area contributed by atoms with E-state index < -0.39 is 7.60 Å². The van der Waals surface area contributed by atoms with Gasteiger partial charge in [0.15, 0.2) is 0 Å². The highest BCUT2D eigenvalue weighted by molar-refractivity contribution is 8.05. The zero-order valence-corrected chi connectivity index (χ0v) is 9.90. The largest absolute Gasteiger partial charge is 0.343 e. The van der Waals surface area contributed by atoms with Crippen LogP contribution in [0.15, 0.2) is 0 Å². The fraction of sp³-hybridized carbons (Fsp3) is 1.00. The Bertz CT molecular complexity index is 182. The third-order valence-electron chi connectivity index (χ3n) is 1.88. The maximum Gasteiger partial charge on any atom is 0.343 e. The maximum atomic E-state index is 12.2. The van der Waals surface area contributed by atoms with Crippen LogP contribution in [0.2, 0.25) is 0 Å². The Morgan fingerprint density at radius 3 is 2.38 bits per heavy atom. The molecule has 1 fully saturated rings. The van der Waals surface area contributed by atoms with Crippen molar-refractivity contribution in [3.63, 3.8) is 0 Å². The number of rotatable bonds is 5. The number of thioether (sulfide) groups is 1. The first-order valence-electron chi connectivity index (χ1n) is 4.73. The summed E-state index contributed by atoms with van der Waals surface area (Å²) in [6.45, 7) is 4.64. The van der Waals surface area contributed by atoms with Gasteiger partial charge in [-0.3, -0.25) is 4.57 Å². The molecule has 1 unspecified atom stereocenters. The predicted molar refractivity (Wildman–Crippen MR) is 56.3 cm³/mol. The molecule has 1 atom stereocenters. The van der Waals surface area contributed by atoms with Gasteiger partial charge in [0, 0.05) is 0 Å². The Morgan fingerprint density at radius 1 is 1.38 bits per heavy atom. The Kier molecular flexibility index (Phi) is 4.81. The van der Waals surface area contributed by atoms with Crippen LogP contribution in [0.25, 0.3) is 0 Å². The van der Waals surface area contributed by atoms with Crippen LogP contribution in [0, 0.1) is 0 Å². The first kappa shape index (κ1) is 11.6. The van der Waals surface area contributed by atoms with Gasteiger partial charge in [-0.2, -0.15) is 0 Å². The van der Waals surface area contributed by atoms with E-state index in [2.05, 4.69) is 0 Å². The topological polar surface area (TPSA) is 35.5 Å². The van der Waals surface area contributed by atoms with Gasteiger partial charge in [0.25, 0.3) is 0 Å². The molecule has 0 saturated carbocycles. The van der Waals surface area contributed by atoms with Crippen molar-refractivity contribution in [3.8, 4) is 0 Å². The van der Waals surface area contributed by atoms with Crippen molar-refractivity contribution in [3.05, 3.63) is 0 Å². The minimum Gasteiger partial charge on any atom is -0.308 e. The standard InChI is InChI=1S/C8H17O3PS/c1-3-10-12(9,11-4-2)8-6-5-7-13-8/h8H,3-7H2,1-2H3. The molecule has 0 aromatic carbocycles. The molecule has 1 rings (SSSR count). The molecule has 3 nitrogen and oxygen atoms in total. The molecule has 1 heterocycles. The quantitative estimate of drug-likeness (QED) is 0.672. The molecular formula is C8H17O3PS. The van der Waals surface area contributed by atoms with Crippen LogP contribution in [-0.2, 0) is 13.6 Å². The fourth-order valence-electron chi connectivity index (χ4n) is 1.37. The molecule has 1 aliphatic rings. The molecular weight excluding hydrogens is 207 g/mol. The van der Waals surface area contributed by atoms with Crippen molar-refractivity contribution in [2.75, 3.05) is 19.0 Å². The van der Waals surface area contributed by atoms with Crippen molar-refractivity contribution >= 4 is 19.4 Å². The lowest BCUT2D eigenvalue weighted by Gasteiger charge is -2.21. The molecule has 0 aromatic rings. The number of hydrogen-bond donors (Lipinski definition) is 0. The maximum absolute atomic E-state index is 12.2. The highest BCUT2D eigenvalue weighted by atomic mass is 32.2. The van der Waals surface area contributed by atoms with Crippen molar-refractivity contribution in [2.45, 2.75) is 31.7 Å². The Hall–Kier alpha value is 0.500. The van der Waals surface area contributed by atoms with Gasteiger partial charge in [-0.05, 0) is 32.4 Å². The lowest BCUT2D eigenvalue weighted by molar-refractivity contribution is 0.218. The van der Waals surface area contributed by atoms with E-state index in [1.165, 1.54) is 0 Å². The first-order valence-corrected chi connectivity index (χ1v) is 7.39. The molecule has 13 heavy (non-hydrogen) atoms. The summed E-state index contributed by atoms with van der Waals surface area (Å²) in [5, 5.41) is 0. The highest BCUT2D eigenvalue weighted by Gasteiger charge is 2.37. The highest BCUT2D eigenvalue weighted by Crippen LogP contribution is 2.60. The average molecular weight is 224 g/mol. The summed E-state index contributed by atoms with van der Waals surface area (Å²) in [5.74, 6) is 1.08. The lowest BCUT2D eigenvalue weighted by Crippen LogP contribution is -2.06. The van der Waals surface area contributed by atoms with Gasteiger partial charge >= 0.3 is 7.60 Å². The lowest BCUT2D eigenvalue weighted by atomic mass is 10.4. The number of hydrogen-bond acceptors (Lipinski definition) is 4. The second kappa shape index (κ2) is 5.40. The van der Waals surface area contributed by atoms with E-state index in [9.17, 15) is 4.57 Å². The van der Waals surface area contributed by atoms with E-state index in [4.69, 9.17) is 9.05 Å². The van der Waals surface area contributed by atoms with Crippen LogP contribution in [0.5, 0.6) is 0 Å². The van der Waals surface area contributed by atoms with Crippen molar-refractivity contribution in [2.24, 2.45) is 0 Å². The summed E-state index contributed by atoms with van der Waals surface area (Å²) in [5.41, 5.74) is 0. The summed E-state index contributed by atoms with van der Waals surface area (Å²) < 4.78 is 22.7. The van der Waals surface area contributed by atoms with Crippen molar-refractivity contribution in [1.82, 2.24) is 0 Å². The van der Waals surface area contributed by atoms with E-state index in [0.717, 1.165) is 18.6 Å². The Balaban J connectivity index is 2.58. The molecule has 0 spiro atoms. The van der Waals surface area contributed by atoms with Crippen LogP contribution in [0.1, 0.15) is 26.7 Å². The average Bonchev–Trinajstić information content (AvgIpc) is 2.57. The summed E-state index contributed by atoms with van der Waals surface area (Å²) in [6.07, 6.45) is 2.08. The molecule has 0 radical (unpaired) electrons. The molecule has 1 saturated heterocycles. The van der Waals surface area contributed by atoms with Crippen LogP contribution in [0.3, 0.4) is 0 Å². The van der Waals surface area contributed by atoms with Gasteiger partial charge in [-0.1, -0.05) is 0 Å². The minimum atomic E-state index is -2.80. The Labute approximate surface area is 84.1 Å². The van der Waals surface area contributed by atoms with Gasteiger partial charge in [0.1, 0.15) is 4.99 Å². The van der Waals surface area contributed by atoms with Crippen LogP contribution >= 0.6 is 19.4 Å². The van der Waals surface area contributed by atoms with Gasteiger partial charge in [0.2, 0.25) is 0 Å². The van der Waals surface area contributed by atoms with E-state index in [-0.39, 0.29) is 4.99 Å². The van der Waals surface area contributed by atoms with Crippen LogP contribution in [0.4, 0.5) is 0 Å². The molecule has 0 bridgehead atoms. The molecule has 0 aromatic heterocycles. The Morgan fingerprint density at radius 2 is 2.00 bits per heavy atom. The normalized spacial score (nSPS) is 23.7. The third kappa shape index (κ3) is 2.98. The van der Waals surface area contributed by atoms with Crippen LogP contribution < -0.4 is 0 Å². The predicted octanol–water partition coefficient (Wildman–Crippen LogP) is 3.11. The molecule has 0 N–H and O–H groups in total. The molecule has 78 valence electrons. The monoisotopic (exact) mass is 224 g/mol. The van der Waals surface area contributed by atoms with Crippen LogP contribution in [-0.4, -0.2) is 24.0 Å². The molecule has 5 heteroatoms. The third-order valence-corrected chi connectivity index (χ3v) is 6.44. The van der Waals surface area contributed by atoms with Gasteiger partial charge in [-0.25, -0.2) is 0 Å². The first-order chi connectivity index (χ1) is 6.23. The minimum absolute atomic E-state index is 0.0763. The summed E-state index contributed by atoms with van der Waals surface area (Å²) in [6, 6.07) is 0. The van der Waals surface area contributed by atoms with Gasteiger partial charge < -0.3 is 9.05 Å². The molecule has 1 aliphatic heterocycles. The molecule has 0 aliphatic carbocycles. The second-order valence-corrected chi connectivity index (χ2v) is 6.72. The van der Waals surface area contributed by atoms with E-state index in [1.54, 1.807) is 11.8 Å². The van der Waals surface area contributed by atoms with E-state index in [0.29, 0.717) is 13.2 Å². The summed E-state index contributed by atoms with van der Waals surface area (Å²) in [7, 11) is -2.80. The fourth-order valence-corrected chi connectivity index (χ4v) is 5.35.